The highest BCUT2D eigenvalue weighted by Gasteiger charge is 2.19. The van der Waals surface area contributed by atoms with Gasteiger partial charge in [0.2, 0.25) is 0 Å². The number of rotatable bonds is 5. The van der Waals surface area contributed by atoms with Gasteiger partial charge in [-0.25, -0.2) is 0 Å². The number of nitrogens with zero attached hydrogens (tertiary/aromatic N) is 1. The predicted molar refractivity (Wildman–Crippen MR) is 91.1 cm³/mol. The zero-order valence-corrected chi connectivity index (χ0v) is 14.0. The van der Waals surface area contributed by atoms with E-state index >= 15 is 0 Å². The van der Waals surface area contributed by atoms with Gasteiger partial charge in [-0.3, -0.25) is 14.4 Å². The standard InChI is InChI=1S/C17H17ClN2O4/c1-11-6-7-13(18)9-14(11)19-17(23)12(2)24-16(22)10-20-8-4-3-5-15(20)21/h3-9,12H,10H2,1-2H3,(H,19,23)/t12-/m0/s1. The number of halogens is 1. The molecule has 2 aromatic rings. The molecule has 0 aliphatic rings. The Morgan fingerprint density at radius 3 is 2.75 bits per heavy atom. The molecule has 1 amide bonds. The van der Waals surface area contributed by atoms with Gasteiger partial charge in [-0.1, -0.05) is 23.7 Å². The van der Waals surface area contributed by atoms with Gasteiger partial charge in [0.05, 0.1) is 0 Å². The third-order valence-corrected chi connectivity index (χ3v) is 3.57. The van der Waals surface area contributed by atoms with Crippen LogP contribution in [0.5, 0.6) is 0 Å². The minimum atomic E-state index is -1.00. The zero-order valence-electron chi connectivity index (χ0n) is 13.3. The molecule has 126 valence electrons. The molecule has 0 unspecified atom stereocenters. The van der Waals surface area contributed by atoms with Crippen molar-refractivity contribution in [3.8, 4) is 0 Å². The number of hydrogen-bond donors (Lipinski definition) is 1. The van der Waals surface area contributed by atoms with Crippen LogP contribution >= 0.6 is 11.6 Å². The number of carbonyl (C=O) groups is 2. The number of carbonyl (C=O) groups excluding carboxylic acids is 2. The monoisotopic (exact) mass is 348 g/mol. The molecule has 24 heavy (non-hydrogen) atoms. The van der Waals surface area contributed by atoms with Crippen molar-refractivity contribution in [3.05, 3.63) is 63.5 Å². The van der Waals surface area contributed by atoms with E-state index in [-0.39, 0.29) is 12.1 Å². The van der Waals surface area contributed by atoms with Gasteiger partial charge in [0.15, 0.2) is 6.10 Å². The summed E-state index contributed by atoms with van der Waals surface area (Å²) < 4.78 is 6.27. The summed E-state index contributed by atoms with van der Waals surface area (Å²) in [7, 11) is 0. The van der Waals surface area contributed by atoms with E-state index in [1.807, 2.05) is 6.92 Å². The second-order valence-electron chi connectivity index (χ2n) is 5.25. The van der Waals surface area contributed by atoms with Crippen LogP contribution in [0.1, 0.15) is 12.5 Å². The molecule has 7 heteroatoms. The average Bonchev–Trinajstić information content (AvgIpc) is 2.53. The van der Waals surface area contributed by atoms with E-state index < -0.39 is 18.0 Å². The van der Waals surface area contributed by atoms with Crippen LogP contribution in [0.4, 0.5) is 5.69 Å². The van der Waals surface area contributed by atoms with Crippen molar-refractivity contribution in [1.82, 2.24) is 4.57 Å². The summed E-state index contributed by atoms with van der Waals surface area (Å²) in [5.74, 6) is -1.15. The van der Waals surface area contributed by atoms with Gasteiger partial charge in [-0.15, -0.1) is 0 Å². The second kappa shape index (κ2) is 7.79. The number of aryl methyl sites for hydroxylation is 1. The van der Waals surface area contributed by atoms with Crippen molar-refractivity contribution < 1.29 is 14.3 Å². The highest BCUT2D eigenvalue weighted by Crippen LogP contribution is 2.20. The number of ether oxygens (including phenoxy) is 1. The predicted octanol–water partition coefficient (Wildman–Crippen LogP) is 2.38. The van der Waals surface area contributed by atoms with Crippen molar-refractivity contribution in [2.75, 3.05) is 5.32 Å². The summed E-state index contributed by atoms with van der Waals surface area (Å²) >= 11 is 5.90. The Hall–Kier alpha value is -2.60. The summed E-state index contributed by atoms with van der Waals surface area (Å²) in [6.45, 7) is 3.03. The van der Waals surface area contributed by atoms with Crippen molar-refractivity contribution in [1.29, 1.82) is 0 Å². The molecule has 1 heterocycles. The molecule has 0 bridgehead atoms. The lowest BCUT2D eigenvalue weighted by molar-refractivity contribution is -0.153. The fourth-order valence-corrected chi connectivity index (χ4v) is 2.15. The summed E-state index contributed by atoms with van der Waals surface area (Å²) in [4.78, 5) is 35.5. The zero-order chi connectivity index (χ0) is 17.7. The molecule has 1 aromatic carbocycles. The highest BCUT2D eigenvalue weighted by atomic mass is 35.5. The van der Waals surface area contributed by atoms with Crippen LogP contribution in [-0.4, -0.2) is 22.5 Å². The van der Waals surface area contributed by atoms with Crippen molar-refractivity contribution >= 4 is 29.2 Å². The number of esters is 1. The van der Waals surface area contributed by atoms with Gasteiger partial charge in [0.1, 0.15) is 6.54 Å². The molecule has 0 fully saturated rings. The van der Waals surface area contributed by atoms with E-state index in [4.69, 9.17) is 16.3 Å². The molecule has 1 atom stereocenters. The lowest BCUT2D eigenvalue weighted by Gasteiger charge is -2.15. The number of amides is 1. The molecule has 1 N–H and O–H groups in total. The van der Waals surface area contributed by atoms with Gasteiger partial charge in [-0.2, -0.15) is 0 Å². The van der Waals surface area contributed by atoms with E-state index in [2.05, 4.69) is 5.32 Å². The number of hydrogen-bond acceptors (Lipinski definition) is 4. The summed E-state index contributed by atoms with van der Waals surface area (Å²) in [6, 6.07) is 9.66. The van der Waals surface area contributed by atoms with Crippen molar-refractivity contribution in [3.63, 3.8) is 0 Å². The van der Waals surface area contributed by atoms with E-state index in [1.165, 1.54) is 23.8 Å². The SMILES string of the molecule is Cc1ccc(Cl)cc1NC(=O)[C@H](C)OC(=O)Cn1ccccc1=O. The molecule has 6 nitrogen and oxygen atoms in total. The highest BCUT2D eigenvalue weighted by molar-refractivity contribution is 6.31. The number of anilines is 1. The van der Waals surface area contributed by atoms with Gasteiger partial charge in [0, 0.05) is 23.0 Å². The summed E-state index contributed by atoms with van der Waals surface area (Å²) in [6.07, 6.45) is 0.471. The number of benzene rings is 1. The minimum absolute atomic E-state index is 0.256. The minimum Gasteiger partial charge on any atom is -0.451 e. The normalized spacial score (nSPS) is 11.6. The molecule has 2 rings (SSSR count). The van der Waals surface area contributed by atoms with Gasteiger partial charge in [-0.05, 0) is 37.6 Å². The first kappa shape index (κ1) is 17.7. The number of nitrogens with one attached hydrogen (secondary N) is 1. The Balaban J connectivity index is 1.96. The quantitative estimate of drug-likeness (QED) is 0.841. The van der Waals surface area contributed by atoms with Crippen molar-refractivity contribution in [2.45, 2.75) is 26.5 Å². The van der Waals surface area contributed by atoms with E-state index in [0.29, 0.717) is 10.7 Å². The van der Waals surface area contributed by atoms with Gasteiger partial charge < -0.3 is 14.6 Å². The van der Waals surface area contributed by atoms with E-state index in [1.54, 1.807) is 30.3 Å². The molecule has 0 spiro atoms. The fourth-order valence-electron chi connectivity index (χ4n) is 1.98. The second-order valence-corrected chi connectivity index (χ2v) is 5.68. The topological polar surface area (TPSA) is 77.4 Å². The Morgan fingerprint density at radius 2 is 2.04 bits per heavy atom. The largest absolute Gasteiger partial charge is 0.451 e. The average molecular weight is 349 g/mol. The molecule has 0 aliphatic carbocycles. The molecular formula is C17H17ClN2O4. The number of aromatic nitrogens is 1. The van der Waals surface area contributed by atoms with Crippen LogP contribution < -0.4 is 10.9 Å². The molecular weight excluding hydrogens is 332 g/mol. The third-order valence-electron chi connectivity index (χ3n) is 3.33. The Morgan fingerprint density at radius 1 is 1.29 bits per heavy atom. The molecule has 0 saturated carbocycles. The molecule has 0 radical (unpaired) electrons. The van der Waals surface area contributed by atoms with Crippen LogP contribution in [0.15, 0.2) is 47.4 Å². The summed E-state index contributed by atoms with van der Waals surface area (Å²) in [5, 5.41) is 3.15. The number of pyridine rings is 1. The van der Waals surface area contributed by atoms with Crippen molar-refractivity contribution in [2.24, 2.45) is 0 Å². The maximum atomic E-state index is 12.1. The van der Waals surface area contributed by atoms with Crippen LogP contribution in [0, 0.1) is 6.92 Å². The van der Waals surface area contributed by atoms with Gasteiger partial charge in [0.25, 0.3) is 11.5 Å². The molecule has 0 saturated heterocycles. The van der Waals surface area contributed by atoms with Crippen LogP contribution in [0.25, 0.3) is 0 Å². The van der Waals surface area contributed by atoms with E-state index in [0.717, 1.165) is 5.56 Å². The molecule has 0 aliphatic heterocycles. The Labute approximate surface area is 144 Å². The summed E-state index contributed by atoms with van der Waals surface area (Å²) in [5.41, 5.74) is 1.07. The maximum absolute atomic E-state index is 12.1. The smallest absolute Gasteiger partial charge is 0.326 e. The van der Waals surface area contributed by atoms with Crippen LogP contribution in [0.3, 0.4) is 0 Å². The van der Waals surface area contributed by atoms with Crippen LogP contribution in [-0.2, 0) is 20.9 Å². The fraction of sp³-hybridized carbons (Fsp3) is 0.235. The lowest BCUT2D eigenvalue weighted by atomic mass is 10.2. The van der Waals surface area contributed by atoms with Gasteiger partial charge >= 0.3 is 5.97 Å². The first-order chi connectivity index (χ1) is 11.4. The first-order valence-corrected chi connectivity index (χ1v) is 7.66. The lowest BCUT2D eigenvalue weighted by Crippen LogP contribution is -2.32. The van der Waals surface area contributed by atoms with E-state index in [9.17, 15) is 14.4 Å². The Kier molecular flexibility index (Phi) is 5.76. The van der Waals surface area contributed by atoms with Crippen LogP contribution in [0.2, 0.25) is 5.02 Å². The molecule has 1 aromatic heterocycles. The third kappa shape index (κ3) is 4.70. The maximum Gasteiger partial charge on any atom is 0.326 e. The Bertz CT molecular complexity index is 816. The first-order valence-electron chi connectivity index (χ1n) is 7.29.